The largest absolute Gasteiger partial charge is 0.390 e. The standard InChI is InChI=1S/C22H22ClFN2O2/c23-18-8-6-16(7-9-18)21-12-20(28-25-21)14-26(22(27)17-2-1-3-17)13-15-4-10-19(24)11-5-15/h4-11,17,20H,1-3,12-14H2. The second kappa shape index (κ2) is 8.31. The number of oxime groups is 1. The highest BCUT2D eigenvalue weighted by Crippen LogP contribution is 2.29. The molecule has 0 bridgehead atoms. The van der Waals surface area contributed by atoms with Gasteiger partial charge in [-0.15, -0.1) is 0 Å². The van der Waals surface area contributed by atoms with Gasteiger partial charge in [-0.1, -0.05) is 47.4 Å². The quantitative estimate of drug-likeness (QED) is 0.698. The highest BCUT2D eigenvalue weighted by molar-refractivity contribution is 6.30. The van der Waals surface area contributed by atoms with E-state index >= 15 is 0 Å². The molecule has 2 aromatic rings. The van der Waals surface area contributed by atoms with Gasteiger partial charge in [0.05, 0.1) is 12.3 Å². The lowest BCUT2D eigenvalue weighted by Crippen LogP contribution is -2.42. The highest BCUT2D eigenvalue weighted by atomic mass is 35.5. The Balaban J connectivity index is 1.43. The molecule has 6 heteroatoms. The lowest BCUT2D eigenvalue weighted by atomic mass is 9.84. The Kier molecular flexibility index (Phi) is 5.62. The third kappa shape index (κ3) is 4.36. The smallest absolute Gasteiger partial charge is 0.226 e. The van der Waals surface area contributed by atoms with Crippen LogP contribution in [0.15, 0.2) is 53.7 Å². The van der Waals surface area contributed by atoms with Crippen molar-refractivity contribution in [2.45, 2.75) is 38.3 Å². The van der Waals surface area contributed by atoms with E-state index in [1.54, 1.807) is 12.1 Å². The molecule has 28 heavy (non-hydrogen) atoms. The molecule has 1 saturated carbocycles. The van der Waals surface area contributed by atoms with E-state index < -0.39 is 0 Å². The fourth-order valence-corrected chi connectivity index (χ4v) is 3.67. The monoisotopic (exact) mass is 400 g/mol. The number of hydrogen-bond donors (Lipinski definition) is 0. The van der Waals surface area contributed by atoms with Gasteiger partial charge in [-0.05, 0) is 48.2 Å². The van der Waals surface area contributed by atoms with Crippen LogP contribution in [0.4, 0.5) is 4.39 Å². The molecule has 2 aliphatic rings. The number of amides is 1. The highest BCUT2D eigenvalue weighted by Gasteiger charge is 2.32. The third-order valence-electron chi connectivity index (χ3n) is 5.39. The summed E-state index contributed by atoms with van der Waals surface area (Å²) in [5.74, 6) is -0.0293. The summed E-state index contributed by atoms with van der Waals surface area (Å²) in [5, 5.41) is 4.89. The number of hydrogen-bond acceptors (Lipinski definition) is 3. The van der Waals surface area contributed by atoms with E-state index in [1.165, 1.54) is 12.1 Å². The Hall–Kier alpha value is -2.40. The van der Waals surface area contributed by atoms with Gasteiger partial charge in [-0.2, -0.15) is 0 Å². The third-order valence-corrected chi connectivity index (χ3v) is 5.64. The molecule has 4 nitrogen and oxygen atoms in total. The second-order valence-electron chi connectivity index (χ2n) is 7.45. The Morgan fingerprint density at radius 2 is 1.86 bits per heavy atom. The van der Waals surface area contributed by atoms with Crippen LogP contribution in [0.2, 0.25) is 5.02 Å². The molecule has 1 atom stereocenters. The van der Waals surface area contributed by atoms with Crippen LogP contribution in [0.5, 0.6) is 0 Å². The zero-order chi connectivity index (χ0) is 19.5. The van der Waals surface area contributed by atoms with Crippen molar-refractivity contribution in [2.24, 2.45) is 11.1 Å². The van der Waals surface area contributed by atoms with Crippen LogP contribution in [0, 0.1) is 11.7 Å². The molecular formula is C22H22ClFN2O2. The van der Waals surface area contributed by atoms with Crippen LogP contribution in [0.3, 0.4) is 0 Å². The van der Waals surface area contributed by atoms with Crippen molar-refractivity contribution in [1.29, 1.82) is 0 Å². The summed E-state index contributed by atoms with van der Waals surface area (Å²) in [6.07, 6.45) is 3.44. The number of carbonyl (C=O) groups is 1. The molecule has 1 amide bonds. The Morgan fingerprint density at radius 3 is 2.50 bits per heavy atom. The molecule has 0 saturated heterocycles. The normalized spacial score (nSPS) is 18.9. The molecule has 1 heterocycles. The molecule has 1 unspecified atom stereocenters. The molecule has 0 N–H and O–H groups in total. The average Bonchev–Trinajstić information content (AvgIpc) is 3.10. The molecule has 1 fully saturated rings. The van der Waals surface area contributed by atoms with Crippen molar-refractivity contribution < 1.29 is 14.0 Å². The number of carbonyl (C=O) groups excluding carboxylic acids is 1. The number of rotatable bonds is 6. The predicted molar refractivity (Wildman–Crippen MR) is 107 cm³/mol. The van der Waals surface area contributed by atoms with Gasteiger partial charge in [0.15, 0.2) is 6.10 Å². The maximum Gasteiger partial charge on any atom is 0.226 e. The summed E-state index contributed by atoms with van der Waals surface area (Å²) >= 11 is 5.95. The van der Waals surface area contributed by atoms with E-state index in [0.717, 1.165) is 36.1 Å². The topological polar surface area (TPSA) is 41.9 Å². The number of benzene rings is 2. The molecule has 1 aliphatic carbocycles. The van der Waals surface area contributed by atoms with Gasteiger partial charge in [0.1, 0.15) is 5.82 Å². The zero-order valence-electron chi connectivity index (χ0n) is 15.5. The van der Waals surface area contributed by atoms with Gasteiger partial charge in [0.2, 0.25) is 5.91 Å². The van der Waals surface area contributed by atoms with Crippen molar-refractivity contribution in [3.8, 4) is 0 Å². The molecule has 4 rings (SSSR count). The van der Waals surface area contributed by atoms with Gasteiger partial charge in [-0.3, -0.25) is 4.79 Å². The first-order valence-corrected chi connectivity index (χ1v) is 9.98. The van der Waals surface area contributed by atoms with E-state index in [9.17, 15) is 9.18 Å². The lowest BCUT2D eigenvalue weighted by molar-refractivity contribution is -0.140. The van der Waals surface area contributed by atoms with Gasteiger partial charge >= 0.3 is 0 Å². The minimum atomic E-state index is -0.277. The Labute approximate surface area is 168 Å². The van der Waals surface area contributed by atoms with Crippen molar-refractivity contribution in [3.63, 3.8) is 0 Å². The Morgan fingerprint density at radius 1 is 1.14 bits per heavy atom. The van der Waals surface area contributed by atoms with Crippen LogP contribution < -0.4 is 0 Å². The first kappa shape index (κ1) is 18.9. The van der Waals surface area contributed by atoms with Crippen molar-refractivity contribution in [2.75, 3.05) is 6.54 Å². The molecule has 0 aromatic heterocycles. The fraction of sp³-hybridized carbons (Fsp3) is 0.364. The predicted octanol–water partition coefficient (Wildman–Crippen LogP) is 4.80. The van der Waals surface area contributed by atoms with E-state index in [4.69, 9.17) is 16.4 Å². The van der Waals surface area contributed by atoms with E-state index in [1.807, 2.05) is 29.2 Å². The van der Waals surface area contributed by atoms with Crippen LogP contribution in [-0.4, -0.2) is 29.2 Å². The van der Waals surface area contributed by atoms with Crippen LogP contribution in [0.1, 0.15) is 36.8 Å². The van der Waals surface area contributed by atoms with Crippen LogP contribution in [0.25, 0.3) is 0 Å². The minimum Gasteiger partial charge on any atom is -0.390 e. The van der Waals surface area contributed by atoms with Gasteiger partial charge in [0.25, 0.3) is 0 Å². The SMILES string of the molecule is O=C(C1CCC1)N(Cc1ccc(F)cc1)CC1CC(c2ccc(Cl)cc2)=NO1. The lowest BCUT2D eigenvalue weighted by Gasteiger charge is -2.32. The van der Waals surface area contributed by atoms with E-state index in [0.29, 0.717) is 24.5 Å². The fourth-order valence-electron chi connectivity index (χ4n) is 3.54. The maximum absolute atomic E-state index is 13.2. The number of halogens is 2. The van der Waals surface area contributed by atoms with Crippen molar-refractivity contribution in [1.82, 2.24) is 4.90 Å². The molecule has 0 radical (unpaired) electrons. The molecule has 2 aromatic carbocycles. The van der Waals surface area contributed by atoms with E-state index in [2.05, 4.69) is 5.16 Å². The molecule has 146 valence electrons. The zero-order valence-corrected chi connectivity index (χ0v) is 16.2. The summed E-state index contributed by atoms with van der Waals surface area (Å²) in [6.45, 7) is 0.916. The minimum absolute atomic E-state index is 0.0958. The van der Waals surface area contributed by atoms with Gasteiger partial charge in [0, 0.05) is 23.9 Å². The van der Waals surface area contributed by atoms with Gasteiger partial charge < -0.3 is 9.74 Å². The summed E-state index contributed by atoms with van der Waals surface area (Å²) in [5.41, 5.74) is 2.74. The van der Waals surface area contributed by atoms with Crippen molar-refractivity contribution >= 4 is 23.2 Å². The van der Waals surface area contributed by atoms with Gasteiger partial charge in [-0.25, -0.2) is 4.39 Å². The summed E-state index contributed by atoms with van der Waals surface area (Å²) < 4.78 is 13.2. The second-order valence-corrected chi connectivity index (χ2v) is 7.89. The molecule has 0 spiro atoms. The van der Waals surface area contributed by atoms with Crippen LogP contribution in [-0.2, 0) is 16.2 Å². The molecular weight excluding hydrogens is 379 g/mol. The average molecular weight is 401 g/mol. The summed E-state index contributed by atoms with van der Waals surface area (Å²) in [4.78, 5) is 20.4. The first-order valence-electron chi connectivity index (χ1n) is 9.60. The summed E-state index contributed by atoms with van der Waals surface area (Å²) in [6, 6.07) is 13.8. The van der Waals surface area contributed by atoms with Crippen molar-refractivity contribution in [3.05, 3.63) is 70.5 Å². The maximum atomic E-state index is 13.2. The Bertz CT molecular complexity index is 863. The summed E-state index contributed by atoms with van der Waals surface area (Å²) in [7, 11) is 0. The van der Waals surface area contributed by atoms with Crippen LogP contribution >= 0.6 is 11.6 Å². The van der Waals surface area contributed by atoms with E-state index in [-0.39, 0.29) is 23.7 Å². The first-order chi connectivity index (χ1) is 13.6. The molecule has 1 aliphatic heterocycles. The number of nitrogens with zero attached hydrogens (tertiary/aromatic N) is 2.